The van der Waals surface area contributed by atoms with Gasteiger partial charge in [0.25, 0.3) is 5.91 Å². The topological polar surface area (TPSA) is 96.0 Å². The molecule has 24 heavy (non-hydrogen) atoms. The first-order chi connectivity index (χ1) is 11.7. The third kappa shape index (κ3) is 2.36. The van der Waals surface area contributed by atoms with E-state index in [1.54, 1.807) is 16.6 Å². The van der Waals surface area contributed by atoms with Crippen molar-refractivity contribution in [1.29, 1.82) is 0 Å². The maximum atomic E-state index is 12.8. The number of nitrogens with one attached hydrogen (secondary N) is 2. The Morgan fingerprint density at radius 1 is 1.25 bits per heavy atom. The molecule has 3 heterocycles. The second-order valence-electron chi connectivity index (χ2n) is 5.78. The van der Waals surface area contributed by atoms with Gasteiger partial charge in [-0.2, -0.15) is 5.10 Å². The number of methoxy groups -OCH3 is 1. The van der Waals surface area contributed by atoms with Crippen LogP contribution < -0.4 is 10.4 Å². The number of aromatic nitrogens is 4. The Balaban J connectivity index is 1.58. The van der Waals surface area contributed by atoms with Crippen LogP contribution >= 0.6 is 0 Å². The molecular weight excluding hydrogens is 310 g/mol. The molecule has 4 rings (SSSR count). The molecule has 2 aromatic heterocycles. The van der Waals surface area contributed by atoms with E-state index in [1.807, 2.05) is 24.3 Å². The van der Waals surface area contributed by atoms with Gasteiger partial charge in [-0.05, 0) is 24.3 Å². The Kier molecular flexibility index (Phi) is 3.37. The average molecular weight is 327 g/mol. The van der Waals surface area contributed by atoms with Crippen LogP contribution in [0.5, 0.6) is 5.75 Å². The van der Waals surface area contributed by atoms with Crippen LogP contribution in [0, 0.1) is 0 Å². The number of nitrogens with zero attached hydrogens (tertiary/aromatic N) is 3. The quantitative estimate of drug-likeness (QED) is 0.726. The van der Waals surface area contributed by atoms with Crippen molar-refractivity contribution in [3.63, 3.8) is 0 Å². The Morgan fingerprint density at radius 3 is 2.96 bits per heavy atom. The molecule has 0 spiro atoms. The fourth-order valence-corrected chi connectivity index (χ4v) is 3.07. The maximum absolute atomic E-state index is 12.8. The summed E-state index contributed by atoms with van der Waals surface area (Å²) in [4.78, 5) is 29.3. The van der Waals surface area contributed by atoms with Gasteiger partial charge in [0.05, 0.1) is 7.11 Å². The third-order valence-corrected chi connectivity index (χ3v) is 4.38. The normalized spacial score (nSPS) is 14.5. The predicted octanol–water partition coefficient (Wildman–Crippen LogP) is 0.760. The number of amides is 1. The van der Waals surface area contributed by atoms with Gasteiger partial charge >= 0.3 is 5.69 Å². The van der Waals surface area contributed by atoms with Crippen LogP contribution in [0.15, 0.2) is 29.1 Å². The number of H-pyrrole nitrogens is 2. The zero-order chi connectivity index (χ0) is 16.7. The fourth-order valence-electron chi connectivity index (χ4n) is 3.07. The second-order valence-corrected chi connectivity index (χ2v) is 5.78. The molecular formula is C16H17N5O3. The molecule has 8 nitrogen and oxygen atoms in total. The van der Waals surface area contributed by atoms with E-state index in [0.717, 1.165) is 16.7 Å². The van der Waals surface area contributed by atoms with Gasteiger partial charge in [-0.1, -0.05) is 0 Å². The van der Waals surface area contributed by atoms with Gasteiger partial charge in [0.15, 0.2) is 0 Å². The molecule has 0 aliphatic carbocycles. The van der Waals surface area contributed by atoms with E-state index in [2.05, 4.69) is 15.2 Å². The smallest absolute Gasteiger partial charge is 0.343 e. The maximum Gasteiger partial charge on any atom is 0.343 e. The lowest BCUT2D eigenvalue weighted by Crippen LogP contribution is -2.34. The zero-order valence-corrected chi connectivity index (χ0v) is 13.2. The number of benzene rings is 1. The predicted molar refractivity (Wildman–Crippen MR) is 87.3 cm³/mol. The molecule has 8 heteroatoms. The van der Waals surface area contributed by atoms with Gasteiger partial charge < -0.3 is 14.6 Å². The molecule has 124 valence electrons. The Labute approximate surface area is 137 Å². The lowest BCUT2D eigenvalue weighted by atomic mass is 10.2. The van der Waals surface area contributed by atoms with Crippen LogP contribution in [-0.4, -0.2) is 50.8 Å². The van der Waals surface area contributed by atoms with Crippen LogP contribution in [-0.2, 0) is 13.0 Å². The number of hydrogen-bond acceptors (Lipinski definition) is 4. The van der Waals surface area contributed by atoms with E-state index in [9.17, 15) is 9.59 Å². The first-order valence-electron chi connectivity index (χ1n) is 7.76. The van der Waals surface area contributed by atoms with Crippen molar-refractivity contribution in [2.45, 2.75) is 13.0 Å². The molecule has 2 N–H and O–H groups in total. The highest BCUT2D eigenvalue weighted by molar-refractivity contribution is 5.98. The number of fused-ring (bicyclic) bond motifs is 2. The molecule has 3 aromatic rings. The summed E-state index contributed by atoms with van der Waals surface area (Å²) in [5.74, 6) is 1.36. The van der Waals surface area contributed by atoms with Crippen molar-refractivity contribution >= 4 is 16.8 Å². The van der Waals surface area contributed by atoms with E-state index < -0.39 is 0 Å². The van der Waals surface area contributed by atoms with Gasteiger partial charge in [0.2, 0.25) is 0 Å². The number of carbonyl (C=O) groups excluding carboxylic acids is 1. The van der Waals surface area contributed by atoms with E-state index in [4.69, 9.17) is 4.74 Å². The number of carbonyl (C=O) groups is 1. The molecule has 0 saturated carbocycles. The molecule has 1 amide bonds. The van der Waals surface area contributed by atoms with E-state index >= 15 is 0 Å². The highest BCUT2D eigenvalue weighted by Gasteiger charge is 2.22. The molecule has 1 aliphatic rings. The minimum atomic E-state index is -0.225. The number of rotatable bonds is 2. The summed E-state index contributed by atoms with van der Waals surface area (Å²) in [5.41, 5.74) is 1.20. The van der Waals surface area contributed by atoms with Crippen molar-refractivity contribution in [2.75, 3.05) is 20.2 Å². The summed E-state index contributed by atoms with van der Waals surface area (Å²) in [6, 6.07) is 7.46. The summed E-state index contributed by atoms with van der Waals surface area (Å²) >= 11 is 0. The highest BCUT2D eigenvalue weighted by Crippen LogP contribution is 2.22. The summed E-state index contributed by atoms with van der Waals surface area (Å²) < 4.78 is 6.80. The van der Waals surface area contributed by atoms with E-state index in [-0.39, 0.29) is 11.6 Å². The van der Waals surface area contributed by atoms with Crippen molar-refractivity contribution in [2.24, 2.45) is 0 Å². The standard InChI is InChI=1S/C16H17N5O3/c1-24-11-2-3-12-10(8-11)9-13(17-12)15(22)20-5-4-14-18-19-16(23)21(14)7-6-20/h2-3,8-9,17H,4-7H2,1H3,(H,19,23). The van der Waals surface area contributed by atoms with Crippen LogP contribution in [0.1, 0.15) is 16.3 Å². The summed E-state index contributed by atoms with van der Waals surface area (Å²) in [5, 5.41) is 7.38. The van der Waals surface area contributed by atoms with Crippen molar-refractivity contribution in [1.82, 2.24) is 24.6 Å². The van der Waals surface area contributed by atoms with Crippen LogP contribution in [0.25, 0.3) is 10.9 Å². The largest absolute Gasteiger partial charge is 0.497 e. The van der Waals surface area contributed by atoms with Gasteiger partial charge in [-0.15, -0.1) is 0 Å². The zero-order valence-electron chi connectivity index (χ0n) is 13.2. The van der Waals surface area contributed by atoms with E-state index in [1.165, 1.54) is 0 Å². The first kappa shape index (κ1) is 14.6. The average Bonchev–Trinajstić information content (AvgIpc) is 3.10. The molecule has 0 radical (unpaired) electrons. The van der Waals surface area contributed by atoms with Crippen molar-refractivity contribution < 1.29 is 9.53 Å². The van der Waals surface area contributed by atoms with Crippen molar-refractivity contribution in [3.8, 4) is 5.75 Å². The molecule has 0 bridgehead atoms. The summed E-state index contributed by atoms with van der Waals surface area (Å²) in [7, 11) is 1.61. The van der Waals surface area contributed by atoms with Crippen LogP contribution in [0.2, 0.25) is 0 Å². The minimum Gasteiger partial charge on any atom is -0.497 e. The molecule has 0 saturated heterocycles. The lowest BCUT2D eigenvalue weighted by Gasteiger charge is -2.18. The van der Waals surface area contributed by atoms with Gasteiger partial charge in [-0.25, -0.2) is 9.89 Å². The molecule has 0 unspecified atom stereocenters. The number of hydrogen-bond donors (Lipinski definition) is 2. The fraction of sp³-hybridized carbons (Fsp3) is 0.312. The SMILES string of the molecule is COc1ccc2[nH]c(C(=O)N3CCc4n[nH]c(=O)n4CC3)cc2c1. The Morgan fingerprint density at radius 2 is 2.12 bits per heavy atom. The van der Waals surface area contributed by atoms with E-state index in [0.29, 0.717) is 37.6 Å². The lowest BCUT2D eigenvalue weighted by molar-refractivity contribution is 0.0754. The minimum absolute atomic E-state index is 0.0765. The Hall–Kier alpha value is -3.03. The van der Waals surface area contributed by atoms with Crippen LogP contribution in [0.4, 0.5) is 0 Å². The van der Waals surface area contributed by atoms with Crippen molar-refractivity contribution in [3.05, 3.63) is 46.3 Å². The Bertz CT molecular complexity index is 968. The summed E-state index contributed by atoms with van der Waals surface area (Å²) in [6.45, 7) is 1.45. The molecule has 1 aromatic carbocycles. The molecule has 0 fully saturated rings. The number of aromatic amines is 2. The first-order valence-corrected chi connectivity index (χ1v) is 7.76. The second kappa shape index (κ2) is 5.55. The van der Waals surface area contributed by atoms with Gasteiger partial charge in [0.1, 0.15) is 17.3 Å². The van der Waals surface area contributed by atoms with Gasteiger partial charge in [-0.3, -0.25) is 9.36 Å². The summed E-state index contributed by atoms with van der Waals surface area (Å²) in [6.07, 6.45) is 0.554. The highest BCUT2D eigenvalue weighted by atomic mass is 16.5. The van der Waals surface area contributed by atoms with Gasteiger partial charge in [0, 0.05) is 37.0 Å². The molecule has 0 atom stereocenters. The molecule has 1 aliphatic heterocycles. The monoisotopic (exact) mass is 327 g/mol. The number of ether oxygens (including phenoxy) is 1. The third-order valence-electron chi connectivity index (χ3n) is 4.38. The van der Waals surface area contributed by atoms with Crippen LogP contribution in [0.3, 0.4) is 0 Å².